The Hall–Kier alpha value is -0.340. The number of alkyl halides is 1. The molecule has 0 saturated heterocycles. The molecule has 0 radical (unpaired) electrons. The van der Waals surface area contributed by atoms with Crippen LogP contribution < -0.4 is 0 Å². The summed E-state index contributed by atoms with van der Waals surface area (Å²) < 4.78 is 14.0. The van der Waals surface area contributed by atoms with Crippen LogP contribution in [0.5, 0.6) is 0 Å². The van der Waals surface area contributed by atoms with Gasteiger partial charge in [0, 0.05) is 5.88 Å². The Bertz CT molecular complexity index is 436. The van der Waals surface area contributed by atoms with Crippen LogP contribution >= 0.6 is 27.5 Å². The van der Waals surface area contributed by atoms with Gasteiger partial charge in [0.25, 0.3) is 0 Å². The van der Waals surface area contributed by atoms with E-state index in [1.165, 1.54) is 37.7 Å². The predicted molar refractivity (Wildman–Crippen MR) is 79.4 cm³/mol. The normalized spacial score (nSPS) is 18.1. The highest BCUT2D eigenvalue weighted by Gasteiger charge is 2.17. The largest absolute Gasteiger partial charge is 0.206 e. The lowest BCUT2D eigenvalue weighted by Gasteiger charge is -2.23. The maximum absolute atomic E-state index is 13.5. The van der Waals surface area contributed by atoms with E-state index in [1.54, 1.807) is 12.1 Å². The fourth-order valence-corrected chi connectivity index (χ4v) is 3.10. The fraction of sp³-hybridized carbons (Fsp3) is 0.467. The van der Waals surface area contributed by atoms with Gasteiger partial charge in [0.15, 0.2) is 0 Å². The van der Waals surface area contributed by atoms with E-state index in [4.69, 9.17) is 11.6 Å². The van der Waals surface area contributed by atoms with Gasteiger partial charge in [-0.15, -0.1) is 11.6 Å². The lowest BCUT2D eigenvalue weighted by Crippen LogP contribution is -2.10. The molecule has 1 saturated carbocycles. The van der Waals surface area contributed by atoms with Crippen LogP contribution in [0.15, 0.2) is 28.2 Å². The third kappa shape index (κ3) is 3.58. The van der Waals surface area contributed by atoms with E-state index >= 15 is 0 Å². The van der Waals surface area contributed by atoms with Crippen molar-refractivity contribution in [3.8, 4) is 0 Å². The second-order valence-electron chi connectivity index (χ2n) is 4.86. The zero-order valence-electron chi connectivity index (χ0n) is 10.3. The summed E-state index contributed by atoms with van der Waals surface area (Å²) in [7, 11) is 0. The maximum atomic E-state index is 13.5. The summed E-state index contributed by atoms with van der Waals surface area (Å²) in [6, 6.07) is 5.22. The molecule has 1 fully saturated rings. The van der Waals surface area contributed by atoms with E-state index in [-0.39, 0.29) is 5.82 Å². The molecule has 98 valence electrons. The van der Waals surface area contributed by atoms with Gasteiger partial charge < -0.3 is 0 Å². The third-order valence-electron chi connectivity index (χ3n) is 3.58. The molecule has 0 bridgehead atoms. The molecule has 0 aromatic heterocycles. The van der Waals surface area contributed by atoms with Crippen molar-refractivity contribution >= 4 is 33.6 Å². The molecule has 18 heavy (non-hydrogen) atoms. The van der Waals surface area contributed by atoms with Crippen molar-refractivity contribution in [2.75, 3.05) is 5.88 Å². The Morgan fingerprint density at radius 1 is 1.33 bits per heavy atom. The van der Waals surface area contributed by atoms with Crippen LogP contribution in [0.4, 0.5) is 4.39 Å². The van der Waals surface area contributed by atoms with Crippen LogP contribution in [0, 0.1) is 11.7 Å². The summed E-state index contributed by atoms with van der Waals surface area (Å²) in [5.41, 5.74) is 2.15. The maximum Gasteiger partial charge on any atom is 0.137 e. The van der Waals surface area contributed by atoms with Gasteiger partial charge in [-0.1, -0.05) is 37.0 Å². The number of halogens is 3. The molecule has 0 unspecified atom stereocenters. The number of hydrogen-bond donors (Lipinski definition) is 0. The molecule has 0 aliphatic heterocycles. The van der Waals surface area contributed by atoms with Gasteiger partial charge in [-0.2, -0.15) is 0 Å². The van der Waals surface area contributed by atoms with Crippen LogP contribution in [-0.4, -0.2) is 5.88 Å². The highest BCUT2D eigenvalue weighted by atomic mass is 79.9. The van der Waals surface area contributed by atoms with Gasteiger partial charge in [-0.05, 0) is 52.4 Å². The van der Waals surface area contributed by atoms with Crippen molar-refractivity contribution in [1.29, 1.82) is 0 Å². The second kappa shape index (κ2) is 6.72. The molecule has 0 spiro atoms. The molecule has 1 aliphatic carbocycles. The van der Waals surface area contributed by atoms with E-state index in [1.807, 2.05) is 6.07 Å². The molecule has 0 N–H and O–H groups in total. The first-order chi connectivity index (χ1) is 8.70. The smallest absolute Gasteiger partial charge is 0.137 e. The van der Waals surface area contributed by atoms with Crippen LogP contribution in [0.2, 0.25) is 0 Å². The summed E-state index contributed by atoms with van der Waals surface area (Å²) in [5, 5.41) is 0. The van der Waals surface area contributed by atoms with E-state index in [0.29, 0.717) is 16.3 Å². The number of benzene rings is 1. The Kier molecular flexibility index (Phi) is 5.25. The van der Waals surface area contributed by atoms with Crippen molar-refractivity contribution in [2.24, 2.45) is 5.92 Å². The van der Waals surface area contributed by atoms with E-state index in [0.717, 1.165) is 5.56 Å². The Labute approximate surface area is 121 Å². The molecule has 0 heterocycles. The van der Waals surface area contributed by atoms with Crippen molar-refractivity contribution in [3.05, 3.63) is 39.6 Å². The molecule has 3 heteroatoms. The summed E-state index contributed by atoms with van der Waals surface area (Å²) >= 11 is 9.22. The van der Waals surface area contributed by atoms with Gasteiger partial charge in [-0.25, -0.2) is 4.39 Å². The molecule has 1 aromatic carbocycles. The van der Waals surface area contributed by atoms with Crippen molar-refractivity contribution in [1.82, 2.24) is 0 Å². The van der Waals surface area contributed by atoms with Gasteiger partial charge in [-0.3, -0.25) is 0 Å². The van der Waals surface area contributed by atoms with Crippen molar-refractivity contribution in [3.63, 3.8) is 0 Å². The SMILES string of the molecule is Fc1cc(/C=C(/CCl)C2CCCCC2)ccc1Br. The third-order valence-corrected chi connectivity index (χ3v) is 4.53. The highest BCUT2D eigenvalue weighted by molar-refractivity contribution is 9.10. The quantitative estimate of drug-likeness (QED) is 0.615. The van der Waals surface area contributed by atoms with Gasteiger partial charge in [0.1, 0.15) is 5.82 Å². The Morgan fingerprint density at radius 2 is 2.06 bits per heavy atom. The molecule has 2 rings (SSSR count). The van der Waals surface area contributed by atoms with E-state index in [9.17, 15) is 4.39 Å². The fourth-order valence-electron chi connectivity index (χ4n) is 2.56. The second-order valence-corrected chi connectivity index (χ2v) is 5.98. The molecular weight excluding hydrogens is 315 g/mol. The summed E-state index contributed by atoms with van der Waals surface area (Å²) in [4.78, 5) is 0. The van der Waals surface area contributed by atoms with Gasteiger partial charge in [0.05, 0.1) is 4.47 Å². The zero-order chi connectivity index (χ0) is 13.0. The van der Waals surface area contributed by atoms with Gasteiger partial charge in [0.2, 0.25) is 0 Å². The minimum Gasteiger partial charge on any atom is -0.206 e. The average Bonchev–Trinajstić information content (AvgIpc) is 2.41. The predicted octanol–water partition coefficient (Wildman–Crippen LogP) is 5.79. The monoisotopic (exact) mass is 330 g/mol. The lowest BCUT2D eigenvalue weighted by atomic mass is 9.84. The van der Waals surface area contributed by atoms with Crippen molar-refractivity contribution < 1.29 is 4.39 Å². The van der Waals surface area contributed by atoms with E-state index in [2.05, 4.69) is 22.0 Å². The first kappa shape index (κ1) is 14.1. The van der Waals surface area contributed by atoms with Crippen molar-refractivity contribution in [2.45, 2.75) is 32.1 Å². The number of allylic oxidation sites excluding steroid dienone is 1. The summed E-state index contributed by atoms with van der Waals surface area (Å²) in [5.74, 6) is 0.909. The van der Waals surface area contributed by atoms with E-state index < -0.39 is 0 Å². The molecule has 1 aliphatic rings. The first-order valence-electron chi connectivity index (χ1n) is 6.42. The Morgan fingerprint density at radius 3 is 2.67 bits per heavy atom. The lowest BCUT2D eigenvalue weighted by molar-refractivity contribution is 0.405. The topological polar surface area (TPSA) is 0 Å². The van der Waals surface area contributed by atoms with Crippen LogP contribution in [0.3, 0.4) is 0 Å². The molecule has 1 aromatic rings. The molecular formula is C15H17BrClF. The Balaban J connectivity index is 2.19. The summed E-state index contributed by atoms with van der Waals surface area (Å²) in [6.45, 7) is 0. The summed E-state index contributed by atoms with van der Waals surface area (Å²) in [6.07, 6.45) is 8.40. The molecule has 0 atom stereocenters. The number of hydrogen-bond acceptors (Lipinski definition) is 0. The highest BCUT2D eigenvalue weighted by Crippen LogP contribution is 2.31. The first-order valence-corrected chi connectivity index (χ1v) is 7.75. The minimum atomic E-state index is -0.221. The molecule has 0 nitrogen and oxygen atoms in total. The number of rotatable bonds is 3. The standard InChI is InChI=1S/C15H17BrClF/c16-14-7-6-11(9-15(14)18)8-13(10-17)12-4-2-1-3-5-12/h6-9,12H,1-5,10H2/b13-8-. The minimum absolute atomic E-state index is 0.221. The van der Waals surface area contributed by atoms with Crippen LogP contribution in [-0.2, 0) is 0 Å². The zero-order valence-corrected chi connectivity index (χ0v) is 12.6. The molecule has 0 amide bonds. The van der Waals surface area contributed by atoms with Crippen LogP contribution in [0.1, 0.15) is 37.7 Å². The average molecular weight is 332 g/mol. The van der Waals surface area contributed by atoms with Crippen LogP contribution in [0.25, 0.3) is 6.08 Å². The van der Waals surface area contributed by atoms with Gasteiger partial charge >= 0.3 is 0 Å².